The lowest BCUT2D eigenvalue weighted by Gasteiger charge is -2.16. The van der Waals surface area contributed by atoms with Crippen LogP contribution >= 0.6 is 22.9 Å². The minimum absolute atomic E-state index is 0.0931. The van der Waals surface area contributed by atoms with Crippen molar-refractivity contribution in [1.82, 2.24) is 0 Å². The van der Waals surface area contributed by atoms with Crippen molar-refractivity contribution in [3.8, 4) is 0 Å². The zero-order valence-corrected chi connectivity index (χ0v) is 16.1. The third kappa shape index (κ3) is 5.99. The van der Waals surface area contributed by atoms with Crippen LogP contribution in [0.3, 0.4) is 0 Å². The first-order valence-electron chi connectivity index (χ1n) is 7.63. The normalized spacial score (nSPS) is 11.4. The first-order chi connectivity index (χ1) is 12.2. The van der Waals surface area contributed by atoms with Gasteiger partial charge in [-0.3, -0.25) is 10.1 Å². The Bertz CT molecular complexity index is 705. The van der Waals surface area contributed by atoms with Crippen LogP contribution in [0, 0.1) is 5.13 Å². The van der Waals surface area contributed by atoms with Crippen LogP contribution in [0.2, 0.25) is 5.02 Å². The number of anilines is 1. The van der Waals surface area contributed by atoms with Gasteiger partial charge < -0.3 is 14.2 Å². The molecule has 0 aromatic carbocycles. The molecule has 0 saturated carbocycles. The summed E-state index contributed by atoms with van der Waals surface area (Å²) in [6, 6.07) is 0. The van der Waals surface area contributed by atoms with E-state index in [1.165, 1.54) is 6.92 Å². The summed E-state index contributed by atoms with van der Waals surface area (Å²) in [5.74, 6) is -1.37. The fraction of sp³-hybridized carbons (Fsp3) is 0.438. The number of esters is 2. The minimum atomic E-state index is -1.34. The summed E-state index contributed by atoms with van der Waals surface area (Å²) in [4.78, 5) is 35.4. The Morgan fingerprint density at radius 2 is 1.88 bits per heavy atom. The Morgan fingerprint density at radius 3 is 2.42 bits per heavy atom. The summed E-state index contributed by atoms with van der Waals surface area (Å²) in [7, 11) is 0. The molecule has 7 nitrogen and oxygen atoms in total. The zero-order chi connectivity index (χ0) is 19.9. The lowest BCUT2D eigenvalue weighted by molar-refractivity contribution is -0.150. The second-order valence-electron chi connectivity index (χ2n) is 4.98. The molecule has 10 heteroatoms. The van der Waals surface area contributed by atoms with Crippen LogP contribution < -0.4 is 5.32 Å². The van der Waals surface area contributed by atoms with E-state index in [9.17, 15) is 18.8 Å². The highest BCUT2D eigenvalue weighted by atomic mass is 35.5. The third-order valence-electron chi connectivity index (χ3n) is 2.88. The van der Waals surface area contributed by atoms with Crippen LogP contribution in [-0.4, -0.2) is 37.3 Å². The largest absolute Gasteiger partial charge is 0.466 e. The summed E-state index contributed by atoms with van der Waals surface area (Å²) >= 11 is 6.61. The standard InChI is InChI=1S/C16H19ClFNO6S/c1-5-23-10(20)7-9-11(17)12(14(18)26-9)19-16(22)25-13(8(3)4)15(21)24-6-2/h13H,3,5-7H2,1-2,4H3,(H,19,22). The Morgan fingerprint density at radius 1 is 1.27 bits per heavy atom. The number of hydrogen-bond acceptors (Lipinski definition) is 7. The smallest absolute Gasteiger partial charge is 0.412 e. The highest BCUT2D eigenvalue weighted by Crippen LogP contribution is 2.37. The van der Waals surface area contributed by atoms with Crippen molar-refractivity contribution in [2.45, 2.75) is 33.3 Å². The highest BCUT2D eigenvalue weighted by molar-refractivity contribution is 7.11. The van der Waals surface area contributed by atoms with Crippen LogP contribution in [0.25, 0.3) is 0 Å². The monoisotopic (exact) mass is 407 g/mol. The average molecular weight is 408 g/mol. The van der Waals surface area contributed by atoms with E-state index in [1.54, 1.807) is 13.8 Å². The van der Waals surface area contributed by atoms with Crippen molar-refractivity contribution in [3.63, 3.8) is 0 Å². The maximum absolute atomic E-state index is 14.0. The molecule has 0 aliphatic rings. The summed E-state index contributed by atoms with van der Waals surface area (Å²) in [5, 5.41) is 1.18. The highest BCUT2D eigenvalue weighted by Gasteiger charge is 2.27. The van der Waals surface area contributed by atoms with Gasteiger partial charge in [0.1, 0.15) is 5.69 Å². The molecule has 0 radical (unpaired) electrons. The van der Waals surface area contributed by atoms with Crippen LogP contribution in [0.4, 0.5) is 14.9 Å². The van der Waals surface area contributed by atoms with E-state index in [-0.39, 0.29) is 40.8 Å². The molecule has 1 aromatic rings. The number of nitrogens with one attached hydrogen (secondary N) is 1. The fourth-order valence-electron chi connectivity index (χ4n) is 1.80. The first kappa shape index (κ1) is 21.9. The van der Waals surface area contributed by atoms with Crippen LogP contribution in [0.5, 0.6) is 0 Å². The number of carbonyl (C=O) groups is 3. The Balaban J connectivity index is 2.86. The van der Waals surface area contributed by atoms with E-state index in [4.69, 9.17) is 25.8 Å². The maximum atomic E-state index is 14.0. The quantitative estimate of drug-likeness (QED) is 0.401. The van der Waals surface area contributed by atoms with Crippen molar-refractivity contribution in [1.29, 1.82) is 0 Å². The lowest BCUT2D eigenvalue weighted by Crippen LogP contribution is -2.32. The molecular formula is C16H19ClFNO6S. The summed E-state index contributed by atoms with van der Waals surface area (Å²) in [5.41, 5.74) is -0.108. The number of rotatable bonds is 8. The molecule has 1 amide bonds. The van der Waals surface area contributed by atoms with Gasteiger partial charge in [-0.1, -0.05) is 18.2 Å². The molecule has 1 aromatic heterocycles. The van der Waals surface area contributed by atoms with E-state index >= 15 is 0 Å². The molecule has 0 saturated heterocycles. The Hall–Kier alpha value is -2.13. The Kier molecular flexibility index (Phi) is 8.53. The predicted molar refractivity (Wildman–Crippen MR) is 95.0 cm³/mol. The minimum Gasteiger partial charge on any atom is -0.466 e. The van der Waals surface area contributed by atoms with Crippen molar-refractivity contribution in [2.24, 2.45) is 0 Å². The van der Waals surface area contributed by atoms with E-state index in [0.717, 1.165) is 0 Å². The number of hydrogen-bond donors (Lipinski definition) is 1. The van der Waals surface area contributed by atoms with Crippen LogP contribution in [0.15, 0.2) is 12.2 Å². The average Bonchev–Trinajstić information content (AvgIpc) is 2.80. The summed E-state index contributed by atoms with van der Waals surface area (Å²) < 4.78 is 28.5. The SMILES string of the molecule is C=C(C)C(OC(=O)Nc1c(F)sc(CC(=O)OCC)c1Cl)C(=O)OCC. The zero-order valence-electron chi connectivity index (χ0n) is 14.5. The van der Waals surface area contributed by atoms with E-state index in [1.807, 2.05) is 0 Å². The van der Waals surface area contributed by atoms with E-state index in [0.29, 0.717) is 11.3 Å². The Labute approximate surface area is 159 Å². The van der Waals surface area contributed by atoms with Crippen molar-refractivity contribution >= 4 is 46.7 Å². The molecule has 26 heavy (non-hydrogen) atoms. The molecule has 144 valence electrons. The van der Waals surface area contributed by atoms with Gasteiger partial charge in [-0.25, -0.2) is 9.59 Å². The number of carbonyl (C=O) groups excluding carboxylic acids is 3. The molecule has 0 aliphatic carbocycles. The van der Waals surface area contributed by atoms with E-state index < -0.39 is 29.3 Å². The molecule has 1 heterocycles. The second-order valence-corrected chi connectivity index (χ2v) is 6.41. The molecule has 0 aliphatic heterocycles. The van der Waals surface area contributed by atoms with Crippen molar-refractivity contribution < 1.29 is 33.0 Å². The van der Waals surface area contributed by atoms with Gasteiger partial charge in [0.2, 0.25) is 11.2 Å². The van der Waals surface area contributed by atoms with Gasteiger partial charge in [0.25, 0.3) is 0 Å². The van der Waals surface area contributed by atoms with Gasteiger partial charge in [-0.05, 0) is 26.3 Å². The van der Waals surface area contributed by atoms with E-state index in [2.05, 4.69) is 11.9 Å². The molecular weight excluding hydrogens is 389 g/mol. The molecule has 0 spiro atoms. The number of thiophene rings is 1. The molecule has 1 rings (SSSR count). The van der Waals surface area contributed by atoms with Gasteiger partial charge >= 0.3 is 18.0 Å². The van der Waals surface area contributed by atoms with Crippen LogP contribution in [0.1, 0.15) is 25.6 Å². The first-order valence-corrected chi connectivity index (χ1v) is 8.82. The molecule has 0 bridgehead atoms. The van der Waals surface area contributed by atoms with Crippen molar-refractivity contribution in [3.05, 3.63) is 27.2 Å². The topological polar surface area (TPSA) is 90.9 Å². The number of ether oxygens (including phenoxy) is 3. The number of amides is 1. The van der Waals surface area contributed by atoms with Crippen molar-refractivity contribution in [2.75, 3.05) is 18.5 Å². The second kappa shape index (κ2) is 10.1. The predicted octanol–water partition coefficient (Wildman–Crippen LogP) is 3.70. The number of halogens is 2. The van der Waals surface area contributed by atoms with Gasteiger partial charge in [-0.15, -0.1) is 11.3 Å². The van der Waals surface area contributed by atoms with Crippen LogP contribution in [-0.2, 0) is 30.2 Å². The summed E-state index contributed by atoms with van der Waals surface area (Å²) in [6.45, 7) is 8.54. The summed E-state index contributed by atoms with van der Waals surface area (Å²) in [6.07, 6.45) is -2.69. The molecule has 1 atom stereocenters. The van der Waals surface area contributed by atoms with Gasteiger partial charge in [0.05, 0.1) is 24.7 Å². The van der Waals surface area contributed by atoms with Gasteiger partial charge in [-0.2, -0.15) is 4.39 Å². The lowest BCUT2D eigenvalue weighted by atomic mass is 10.2. The van der Waals surface area contributed by atoms with Gasteiger partial charge in [0.15, 0.2) is 0 Å². The maximum Gasteiger partial charge on any atom is 0.412 e. The fourth-order valence-corrected chi connectivity index (χ4v) is 3.02. The molecule has 1 N–H and O–H groups in total. The van der Waals surface area contributed by atoms with Gasteiger partial charge in [0, 0.05) is 4.88 Å². The molecule has 0 fully saturated rings. The third-order valence-corrected chi connectivity index (χ3v) is 4.39. The molecule has 1 unspecified atom stereocenters.